The van der Waals surface area contributed by atoms with Gasteiger partial charge in [-0.1, -0.05) is 6.58 Å². The minimum absolute atomic E-state index is 0.431. The van der Waals surface area contributed by atoms with Crippen LogP contribution >= 0.6 is 0 Å². The summed E-state index contributed by atoms with van der Waals surface area (Å²) in [5.41, 5.74) is -1.01. The summed E-state index contributed by atoms with van der Waals surface area (Å²) in [6, 6.07) is 0. The highest BCUT2D eigenvalue weighted by Gasteiger charge is 2.56. The summed E-state index contributed by atoms with van der Waals surface area (Å²) in [6.07, 6.45) is 1.57. The van der Waals surface area contributed by atoms with Crippen LogP contribution in [-0.2, 0) is 0 Å². The van der Waals surface area contributed by atoms with E-state index < -0.39 is 17.2 Å². The molecule has 16 heavy (non-hydrogen) atoms. The molecule has 3 heteroatoms. The van der Waals surface area contributed by atoms with Crippen LogP contribution in [0, 0.1) is 23.2 Å². The molecule has 4 aliphatic carbocycles. The molecule has 4 aliphatic rings. The van der Waals surface area contributed by atoms with Crippen LogP contribution < -0.4 is 0 Å². The van der Waals surface area contributed by atoms with E-state index in [4.69, 9.17) is 0 Å². The first kappa shape index (κ1) is 10.7. The third kappa shape index (κ3) is 1.43. The highest BCUT2D eigenvalue weighted by molar-refractivity contribution is 5.21. The average Bonchev–Trinajstić information content (AvgIpc) is 2.12. The van der Waals surface area contributed by atoms with E-state index in [-0.39, 0.29) is 0 Å². The molecule has 0 aromatic carbocycles. The fraction of sp³-hybridized carbons (Fsp3) is 0.846. The Bertz CT molecular complexity index is 291. The molecule has 0 spiro atoms. The van der Waals surface area contributed by atoms with Crippen LogP contribution in [0.1, 0.15) is 38.5 Å². The van der Waals surface area contributed by atoms with Gasteiger partial charge in [0, 0.05) is 11.0 Å². The summed E-state index contributed by atoms with van der Waals surface area (Å²) in [5.74, 6) is 1.64. The normalized spacial score (nSPS) is 46.1. The zero-order valence-electron chi connectivity index (χ0n) is 9.32. The maximum Gasteiger partial charge on any atom is 0.412 e. The number of allylic oxidation sites excluding steroid dienone is 1. The van der Waals surface area contributed by atoms with Crippen molar-refractivity contribution >= 4 is 0 Å². The molecule has 0 saturated heterocycles. The molecular formula is C13H17F3. The lowest BCUT2D eigenvalue weighted by atomic mass is 9.48. The van der Waals surface area contributed by atoms with Crippen LogP contribution in [0.2, 0.25) is 0 Å². The van der Waals surface area contributed by atoms with Crippen molar-refractivity contribution in [3.63, 3.8) is 0 Å². The van der Waals surface area contributed by atoms with Crippen molar-refractivity contribution in [1.82, 2.24) is 0 Å². The average molecular weight is 230 g/mol. The van der Waals surface area contributed by atoms with Gasteiger partial charge in [-0.3, -0.25) is 0 Å². The van der Waals surface area contributed by atoms with E-state index in [0.29, 0.717) is 17.8 Å². The number of alkyl halides is 3. The van der Waals surface area contributed by atoms with Gasteiger partial charge < -0.3 is 0 Å². The molecule has 0 radical (unpaired) electrons. The standard InChI is InChI=1S/C13H17F3/c1-8(13(14,15)16)12-5-9-2-10(6-12)4-11(3-9)7-12/h9-11H,1-7H2. The summed E-state index contributed by atoms with van der Waals surface area (Å²) in [6.45, 7) is 3.39. The van der Waals surface area contributed by atoms with Crippen molar-refractivity contribution in [2.45, 2.75) is 44.7 Å². The summed E-state index contributed by atoms with van der Waals surface area (Å²) in [7, 11) is 0. The second kappa shape index (κ2) is 3.05. The first-order valence-electron chi connectivity index (χ1n) is 6.16. The molecular weight excluding hydrogens is 213 g/mol. The van der Waals surface area contributed by atoms with Crippen molar-refractivity contribution in [2.24, 2.45) is 23.2 Å². The zero-order chi connectivity index (χ0) is 11.6. The van der Waals surface area contributed by atoms with Crippen molar-refractivity contribution in [2.75, 3.05) is 0 Å². The van der Waals surface area contributed by atoms with Crippen molar-refractivity contribution in [3.8, 4) is 0 Å². The topological polar surface area (TPSA) is 0 Å². The third-order valence-corrected chi connectivity index (χ3v) is 5.02. The summed E-state index contributed by atoms with van der Waals surface area (Å²) in [4.78, 5) is 0. The van der Waals surface area contributed by atoms with E-state index in [2.05, 4.69) is 6.58 Å². The lowest BCUT2D eigenvalue weighted by molar-refractivity contribution is -0.131. The molecule has 4 bridgehead atoms. The van der Waals surface area contributed by atoms with Gasteiger partial charge in [0.15, 0.2) is 0 Å². The van der Waals surface area contributed by atoms with Crippen molar-refractivity contribution in [1.29, 1.82) is 0 Å². The predicted octanol–water partition coefficient (Wildman–Crippen LogP) is 4.32. The fourth-order valence-electron chi connectivity index (χ4n) is 4.78. The minimum Gasteiger partial charge on any atom is -0.166 e. The quantitative estimate of drug-likeness (QED) is 0.588. The number of hydrogen-bond donors (Lipinski definition) is 0. The maximum atomic E-state index is 12.9. The molecule has 0 heterocycles. The van der Waals surface area contributed by atoms with E-state index in [1.54, 1.807) is 0 Å². The van der Waals surface area contributed by atoms with Crippen LogP contribution in [0.4, 0.5) is 13.2 Å². The SMILES string of the molecule is C=C(C(F)(F)F)C12CC3CC(CC(C3)C1)C2. The summed E-state index contributed by atoms with van der Waals surface area (Å²) >= 11 is 0. The molecule has 0 nitrogen and oxygen atoms in total. The van der Waals surface area contributed by atoms with E-state index in [0.717, 1.165) is 19.3 Å². The van der Waals surface area contributed by atoms with Crippen LogP contribution in [0.15, 0.2) is 12.2 Å². The smallest absolute Gasteiger partial charge is 0.166 e. The van der Waals surface area contributed by atoms with E-state index in [1.807, 2.05) is 0 Å². The number of halogens is 3. The molecule has 0 aromatic heterocycles. The number of rotatable bonds is 1. The molecule has 4 rings (SSSR count). The van der Waals surface area contributed by atoms with Gasteiger partial charge in [-0.15, -0.1) is 0 Å². The van der Waals surface area contributed by atoms with Crippen molar-refractivity contribution in [3.05, 3.63) is 12.2 Å². The lowest BCUT2D eigenvalue weighted by Crippen LogP contribution is -2.48. The molecule has 0 aromatic rings. The Balaban J connectivity index is 1.91. The van der Waals surface area contributed by atoms with E-state index in [1.165, 1.54) is 19.3 Å². The second-order valence-corrected chi connectivity index (χ2v) is 6.17. The first-order chi connectivity index (χ1) is 7.39. The van der Waals surface area contributed by atoms with Gasteiger partial charge in [0.1, 0.15) is 0 Å². The lowest BCUT2D eigenvalue weighted by Gasteiger charge is -2.57. The van der Waals surface area contributed by atoms with Gasteiger partial charge in [0.25, 0.3) is 0 Å². The molecule has 0 aliphatic heterocycles. The Morgan fingerprint density at radius 2 is 1.31 bits per heavy atom. The highest BCUT2D eigenvalue weighted by atomic mass is 19.4. The third-order valence-electron chi connectivity index (χ3n) is 5.02. The Hall–Kier alpha value is -0.470. The van der Waals surface area contributed by atoms with Gasteiger partial charge in [-0.2, -0.15) is 13.2 Å². The zero-order valence-corrected chi connectivity index (χ0v) is 9.32. The van der Waals surface area contributed by atoms with E-state index >= 15 is 0 Å². The van der Waals surface area contributed by atoms with Gasteiger partial charge >= 0.3 is 6.18 Å². The Morgan fingerprint density at radius 3 is 1.62 bits per heavy atom. The van der Waals surface area contributed by atoms with Crippen LogP contribution in [0.5, 0.6) is 0 Å². The van der Waals surface area contributed by atoms with Crippen LogP contribution in [0.3, 0.4) is 0 Å². The Kier molecular flexibility index (Phi) is 2.03. The van der Waals surface area contributed by atoms with Crippen LogP contribution in [0.25, 0.3) is 0 Å². The molecule has 0 unspecified atom stereocenters. The molecule has 0 amide bonds. The number of hydrogen-bond acceptors (Lipinski definition) is 0. The van der Waals surface area contributed by atoms with Gasteiger partial charge in [-0.05, 0) is 56.3 Å². The predicted molar refractivity (Wildman–Crippen MR) is 55.8 cm³/mol. The van der Waals surface area contributed by atoms with Crippen molar-refractivity contribution < 1.29 is 13.2 Å². The van der Waals surface area contributed by atoms with E-state index in [9.17, 15) is 13.2 Å². The molecule has 0 N–H and O–H groups in total. The molecule has 90 valence electrons. The maximum absolute atomic E-state index is 12.9. The van der Waals surface area contributed by atoms with Crippen LogP contribution in [-0.4, -0.2) is 6.18 Å². The monoisotopic (exact) mass is 230 g/mol. The molecule has 4 saturated carbocycles. The Labute approximate surface area is 93.9 Å². The fourth-order valence-corrected chi connectivity index (χ4v) is 4.78. The Morgan fingerprint density at radius 1 is 0.938 bits per heavy atom. The highest BCUT2D eigenvalue weighted by Crippen LogP contribution is 2.64. The van der Waals surface area contributed by atoms with Gasteiger partial charge in [0.05, 0.1) is 0 Å². The minimum atomic E-state index is -4.19. The second-order valence-electron chi connectivity index (χ2n) is 6.17. The largest absolute Gasteiger partial charge is 0.412 e. The van der Waals surface area contributed by atoms with Gasteiger partial charge in [-0.25, -0.2) is 0 Å². The molecule has 4 fully saturated rings. The van der Waals surface area contributed by atoms with Gasteiger partial charge in [0.2, 0.25) is 0 Å². The summed E-state index contributed by atoms with van der Waals surface area (Å²) in [5, 5.41) is 0. The summed E-state index contributed by atoms with van der Waals surface area (Å²) < 4.78 is 38.6. The first-order valence-corrected chi connectivity index (χ1v) is 6.16. The molecule has 0 atom stereocenters.